The van der Waals surface area contributed by atoms with Crippen molar-refractivity contribution in [3.05, 3.63) is 12.3 Å². The van der Waals surface area contributed by atoms with Crippen molar-refractivity contribution < 1.29 is 24.1 Å². The number of hydrogen-bond donors (Lipinski definition) is 1. The molecule has 0 aliphatic carbocycles. The lowest BCUT2D eigenvalue weighted by atomic mass is 10.1. The van der Waals surface area contributed by atoms with Gasteiger partial charge in [0.25, 0.3) is 0 Å². The lowest BCUT2D eigenvalue weighted by Crippen LogP contribution is -2.40. The molecule has 3 atom stereocenters. The van der Waals surface area contributed by atoms with E-state index in [1.807, 2.05) is 0 Å². The van der Waals surface area contributed by atoms with E-state index in [0.29, 0.717) is 0 Å². The predicted octanol–water partition coefficient (Wildman–Crippen LogP) is -0.205. The van der Waals surface area contributed by atoms with Gasteiger partial charge in [0.1, 0.15) is 0 Å². The zero-order valence-electron chi connectivity index (χ0n) is 6.17. The number of ether oxygens (including phenoxy) is 3. The van der Waals surface area contributed by atoms with Gasteiger partial charge in [0.15, 0.2) is 18.3 Å². The maximum atomic E-state index is 10.7. The summed E-state index contributed by atoms with van der Waals surface area (Å²) in [6, 6.07) is 0. The smallest absolute Gasteiger partial charge is 0.492 e. The summed E-state index contributed by atoms with van der Waals surface area (Å²) in [5.41, 5.74) is 0. The Balaban J connectivity index is 2.15. The van der Waals surface area contributed by atoms with Gasteiger partial charge in [0.2, 0.25) is 0 Å². The number of fused-ring (bicyclic) bond motifs is 1. The molecular formula is C7H8O5. The van der Waals surface area contributed by atoms with Crippen molar-refractivity contribution in [1.29, 1.82) is 0 Å². The molecule has 2 heterocycles. The maximum Gasteiger partial charge on any atom is 0.509 e. The Morgan fingerprint density at radius 2 is 2.33 bits per heavy atom. The third-order valence-corrected chi connectivity index (χ3v) is 1.86. The van der Waals surface area contributed by atoms with E-state index < -0.39 is 24.5 Å². The minimum absolute atomic E-state index is 0.192. The normalized spacial score (nSPS) is 38.1. The number of aliphatic hydroxyl groups is 1. The second-order valence-electron chi connectivity index (χ2n) is 2.60. The van der Waals surface area contributed by atoms with Gasteiger partial charge in [-0.1, -0.05) is 0 Å². The Hall–Kier alpha value is -1.23. The van der Waals surface area contributed by atoms with Gasteiger partial charge in [-0.05, 0) is 6.08 Å². The summed E-state index contributed by atoms with van der Waals surface area (Å²) in [5, 5.41) is 8.82. The van der Waals surface area contributed by atoms with E-state index in [9.17, 15) is 4.79 Å². The second-order valence-corrected chi connectivity index (χ2v) is 2.60. The second kappa shape index (κ2) is 2.67. The van der Waals surface area contributed by atoms with Crippen molar-refractivity contribution in [2.75, 3.05) is 6.61 Å². The van der Waals surface area contributed by atoms with Crippen LogP contribution in [0.15, 0.2) is 12.3 Å². The van der Waals surface area contributed by atoms with E-state index in [2.05, 4.69) is 0 Å². The van der Waals surface area contributed by atoms with E-state index in [1.54, 1.807) is 6.08 Å². The molecule has 5 heteroatoms. The molecule has 0 aromatic heterocycles. The minimum atomic E-state index is -0.710. The van der Waals surface area contributed by atoms with E-state index in [-0.39, 0.29) is 6.61 Å². The zero-order valence-corrected chi connectivity index (χ0v) is 6.17. The molecule has 12 heavy (non-hydrogen) atoms. The molecule has 0 spiro atoms. The summed E-state index contributed by atoms with van der Waals surface area (Å²) in [7, 11) is 0. The number of carbonyl (C=O) groups excluding carboxylic acids is 1. The van der Waals surface area contributed by atoms with E-state index in [1.165, 1.54) is 6.26 Å². The van der Waals surface area contributed by atoms with Crippen LogP contribution in [0.25, 0.3) is 0 Å². The summed E-state index contributed by atoms with van der Waals surface area (Å²) in [5.74, 6) is 0. The van der Waals surface area contributed by atoms with Gasteiger partial charge in [-0.2, -0.15) is 0 Å². The lowest BCUT2D eigenvalue weighted by Gasteiger charge is -2.24. The van der Waals surface area contributed by atoms with Crippen molar-refractivity contribution in [3.8, 4) is 0 Å². The van der Waals surface area contributed by atoms with Gasteiger partial charge < -0.3 is 19.3 Å². The molecule has 1 N–H and O–H groups in total. The van der Waals surface area contributed by atoms with E-state index >= 15 is 0 Å². The molecule has 0 amide bonds. The number of rotatable bonds is 1. The van der Waals surface area contributed by atoms with Crippen LogP contribution in [0.1, 0.15) is 0 Å². The molecule has 0 aromatic carbocycles. The molecule has 0 radical (unpaired) electrons. The molecule has 5 nitrogen and oxygen atoms in total. The van der Waals surface area contributed by atoms with Crippen LogP contribution < -0.4 is 0 Å². The van der Waals surface area contributed by atoms with Crippen LogP contribution in [0.2, 0.25) is 0 Å². The molecule has 2 rings (SSSR count). The monoisotopic (exact) mass is 172 g/mol. The van der Waals surface area contributed by atoms with Crippen molar-refractivity contribution in [2.24, 2.45) is 0 Å². The van der Waals surface area contributed by atoms with Crippen molar-refractivity contribution in [2.45, 2.75) is 18.3 Å². The SMILES string of the molecule is O=C1O[C@H]2[C@@H](C=CO[C@@H]2CO)O1. The van der Waals surface area contributed by atoms with Gasteiger partial charge in [-0.25, -0.2) is 4.79 Å². The van der Waals surface area contributed by atoms with E-state index in [0.717, 1.165) is 0 Å². The minimum Gasteiger partial charge on any atom is -0.492 e. The molecule has 1 saturated heterocycles. The largest absolute Gasteiger partial charge is 0.509 e. The molecule has 2 aliphatic rings. The quantitative estimate of drug-likeness (QED) is 0.554. The van der Waals surface area contributed by atoms with Gasteiger partial charge in [-0.15, -0.1) is 0 Å². The zero-order chi connectivity index (χ0) is 8.55. The van der Waals surface area contributed by atoms with Crippen molar-refractivity contribution in [3.63, 3.8) is 0 Å². The van der Waals surface area contributed by atoms with Crippen LogP contribution in [-0.2, 0) is 14.2 Å². The summed E-state index contributed by atoms with van der Waals surface area (Å²) in [6.45, 7) is -0.192. The van der Waals surface area contributed by atoms with Gasteiger partial charge >= 0.3 is 6.16 Å². The van der Waals surface area contributed by atoms with Crippen LogP contribution in [0.5, 0.6) is 0 Å². The Bertz CT molecular complexity index is 224. The van der Waals surface area contributed by atoms with Crippen LogP contribution in [-0.4, -0.2) is 36.2 Å². The Labute approximate surface area is 68.5 Å². The highest BCUT2D eigenvalue weighted by Gasteiger charge is 2.43. The molecule has 0 aromatic rings. The third kappa shape index (κ3) is 1.02. The molecular weight excluding hydrogens is 164 g/mol. The fraction of sp³-hybridized carbons (Fsp3) is 0.571. The fourth-order valence-electron chi connectivity index (χ4n) is 1.27. The molecule has 1 fully saturated rings. The summed E-state index contributed by atoms with van der Waals surface area (Å²) in [6.07, 6.45) is 0.854. The first kappa shape index (κ1) is 7.42. The van der Waals surface area contributed by atoms with Gasteiger partial charge in [-0.3, -0.25) is 0 Å². The van der Waals surface area contributed by atoms with Crippen LogP contribution in [0, 0.1) is 0 Å². The first-order chi connectivity index (χ1) is 5.81. The highest BCUT2D eigenvalue weighted by molar-refractivity contribution is 5.63. The highest BCUT2D eigenvalue weighted by Crippen LogP contribution is 2.24. The van der Waals surface area contributed by atoms with Crippen LogP contribution in [0.4, 0.5) is 4.79 Å². The topological polar surface area (TPSA) is 65.0 Å². The van der Waals surface area contributed by atoms with E-state index in [4.69, 9.17) is 19.3 Å². The standard InChI is InChI=1S/C7H8O5/c8-3-5-6-4(1-2-10-5)11-7(9)12-6/h1-2,4-6,8H,3H2/t4-,5-,6+/m1/s1. The van der Waals surface area contributed by atoms with Gasteiger partial charge in [0.05, 0.1) is 12.9 Å². The van der Waals surface area contributed by atoms with Crippen molar-refractivity contribution in [1.82, 2.24) is 0 Å². The Kier molecular flexibility index (Phi) is 1.65. The number of aliphatic hydroxyl groups excluding tert-OH is 1. The number of carbonyl (C=O) groups is 1. The Morgan fingerprint density at radius 3 is 3.08 bits per heavy atom. The third-order valence-electron chi connectivity index (χ3n) is 1.86. The van der Waals surface area contributed by atoms with Crippen LogP contribution in [0.3, 0.4) is 0 Å². The molecule has 0 saturated carbocycles. The predicted molar refractivity (Wildman–Crippen MR) is 36.2 cm³/mol. The molecule has 66 valence electrons. The first-order valence-corrected chi connectivity index (χ1v) is 3.61. The number of hydrogen-bond acceptors (Lipinski definition) is 5. The highest BCUT2D eigenvalue weighted by atomic mass is 16.8. The molecule has 0 unspecified atom stereocenters. The fourth-order valence-corrected chi connectivity index (χ4v) is 1.27. The average molecular weight is 172 g/mol. The van der Waals surface area contributed by atoms with Gasteiger partial charge in [0, 0.05) is 0 Å². The summed E-state index contributed by atoms with van der Waals surface area (Å²) >= 11 is 0. The average Bonchev–Trinajstić information content (AvgIpc) is 2.44. The first-order valence-electron chi connectivity index (χ1n) is 3.61. The Morgan fingerprint density at radius 1 is 1.50 bits per heavy atom. The summed E-state index contributed by atoms with van der Waals surface area (Å²) < 4.78 is 14.5. The van der Waals surface area contributed by atoms with Crippen molar-refractivity contribution >= 4 is 6.16 Å². The molecule has 2 aliphatic heterocycles. The maximum absolute atomic E-state index is 10.7. The summed E-state index contributed by atoms with van der Waals surface area (Å²) in [4.78, 5) is 10.7. The molecule has 0 bridgehead atoms. The van der Waals surface area contributed by atoms with Crippen LogP contribution >= 0.6 is 0 Å². The lowest BCUT2D eigenvalue weighted by molar-refractivity contribution is -0.0310.